The highest BCUT2D eigenvalue weighted by atomic mass is 127. The minimum Gasteiger partial charge on any atom is -0.381 e. The van der Waals surface area contributed by atoms with Crippen molar-refractivity contribution in [1.82, 2.24) is 0 Å². The van der Waals surface area contributed by atoms with Crippen LogP contribution < -0.4 is 0 Å². The second-order valence-corrected chi connectivity index (χ2v) is 3.04. The first kappa shape index (κ1) is 11.7. The number of hydrogen-bond donors (Lipinski definition) is 0. The Morgan fingerprint density at radius 1 is 1.18 bits per heavy atom. The van der Waals surface area contributed by atoms with Gasteiger partial charge in [-0.1, -0.05) is 42.4 Å². The van der Waals surface area contributed by atoms with E-state index in [0.29, 0.717) is 6.10 Å². The zero-order chi connectivity index (χ0) is 8.69. The van der Waals surface area contributed by atoms with Crippen LogP contribution in [-0.4, -0.2) is 18.1 Å². The number of alkyl halides is 1. The number of rotatable bonds is 1. The number of hydrogen-bond acceptors (Lipinski definition) is 1. The van der Waals surface area contributed by atoms with E-state index in [2.05, 4.69) is 29.5 Å². The first-order valence-corrected chi connectivity index (χ1v) is 6.41. The van der Waals surface area contributed by atoms with Crippen molar-refractivity contribution < 1.29 is 4.74 Å². The normalized spacial score (nSPS) is 30.5. The van der Waals surface area contributed by atoms with Gasteiger partial charge >= 0.3 is 0 Å². The Balaban J connectivity index is 0.000000461. The monoisotopic (exact) mass is 270 g/mol. The van der Waals surface area contributed by atoms with Crippen LogP contribution >= 0.6 is 22.6 Å². The molecule has 11 heavy (non-hydrogen) atoms. The van der Waals surface area contributed by atoms with Gasteiger partial charge in [0.1, 0.15) is 0 Å². The lowest BCUT2D eigenvalue weighted by Crippen LogP contribution is -2.23. The lowest BCUT2D eigenvalue weighted by Gasteiger charge is -2.26. The Kier molecular flexibility index (Phi) is 7.81. The summed E-state index contributed by atoms with van der Waals surface area (Å²) in [6, 6.07) is 0. The van der Waals surface area contributed by atoms with Crippen LogP contribution in [0.2, 0.25) is 0 Å². The topological polar surface area (TPSA) is 9.23 Å². The maximum atomic E-state index is 5.30. The van der Waals surface area contributed by atoms with E-state index in [-0.39, 0.29) is 0 Å². The lowest BCUT2D eigenvalue weighted by atomic mass is 9.88. The van der Waals surface area contributed by atoms with Gasteiger partial charge in [0.2, 0.25) is 0 Å². The minimum atomic E-state index is 0.554. The van der Waals surface area contributed by atoms with E-state index in [9.17, 15) is 0 Å². The molecule has 1 aliphatic rings. The van der Waals surface area contributed by atoms with E-state index in [1.54, 1.807) is 0 Å². The van der Waals surface area contributed by atoms with E-state index in [0.717, 1.165) is 5.92 Å². The van der Waals surface area contributed by atoms with Gasteiger partial charge in [-0.2, -0.15) is 0 Å². The van der Waals surface area contributed by atoms with Crippen LogP contribution in [0.5, 0.6) is 0 Å². The van der Waals surface area contributed by atoms with Gasteiger partial charge in [0.25, 0.3) is 0 Å². The molecule has 0 saturated heterocycles. The fourth-order valence-electron chi connectivity index (χ4n) is 1.63. The Morgan fingerprint density at radius 2 is 1.73 bits per heavy atom. The van der Waals surface area contributed by atoms with Crippen molar-refractivity contribution in [2.24, 2.45) is 5.92 Å². The highest BCUT2D eigenvalue weighted by Gasteiger charge is 2.19. The minimum absolute atomic E-state index is 0.554. The standard InChI is InChI=1S/C8H16O.CH3I/c1-7-5-3-4-6-8(7)9-2;1-2/h7-8H,3-6H2,1-2H3;1H3/t7?,8-;/m1./s1. The van der Waals surface area contributed by atoms with E-state index < -0.39 is 0 Å². The van der Waals surface area contributed by atoms with Crippen LogP contribution in [0.1, 0.15) is 32.6 Å². The van der Waals surface area contributed by atoms with Crippen LogP contribution in [0.15, 0.2) is 0 Å². The van der Waals surface area contributed by atoms with Crippen molar-refractivity contribution in [3.05, 3.63) is 0 Å². The molecule has 0 aliphatic heterocycles. The predicted octanol–water partition coefficient (Wildman–Crippen LogP) is 3.26. The van der Waals surface area contributed by atoms with Gasteiger partial charge < -0.3 is 4.74 Å². The molecule has 0 aromatic carbocycles. The van der Waals surface area contributed by atoms with Gasteiger partial charge in [-0.15, -0.1) is 0 Å². The molecule has 1 rings (SSSR count). The maximum absolute atomic E-state index is 5.30. The third-order valence-electron chi connectivity index (χ3n) is 2.34. The van der Waals surface area contributed by atoms with Crippen molar-refractivity contribution in [1.29, 1.82) is 0 Å². The van der Waals surface area contributed by atoms with E-state index >= 15 is 0 Å². The molecule has 68 valence electrons. The third-order valence-corrected chi connectivity index (χ3v) is 2.34. The van der Waals surface area contributed by atoms with Crippen LogP contribution in [0.25, 0.3) is 0 Å². The van der Waals surface area contributed by atoms with E-state index in [4.69, 9.17) is 4.74 Å². The average Bonchev–Trinajstić information content (AvgIpc) is 2.09. The SMILES string of the molecule is CI.CO[C@@H]1CCCCC1C. The molecular formula is C9H19IO. The molecule has 0 aromatic rings. The highest BCUT2D eigenvalue weighted by Crippen LogP contribution is 2.25. The van der Waals surface area contributed by atoms with Crippen LogP contribution in [0.4, 0.5) is 0 Å². The number of methoxy groups -OCH3 is 1. The Morgan fingerprint density at radius 3 is 2.09 bits per heavy atom. The van der Waals surface area contributed by atoms with E-state index in [1.807, 2.05) is 12.0 Å². The Bertz CT molecular complexity index is 85.6. The molecular weight excluding hydrogens is 251 g/mol. The zero-order valence-electron chi connectivity index (χ0n) is 7.77. The van der Waals surface area contributed by atoms with Gasteiger partial charge in [-0.3, -0.25) is 0 Å². The summed E-state index contributed by atoms with van der Waals surface area (Å²) in [6.45, 7) is 2.29. The van der Waals surface area contributed by atoms with Crippen molar-refractivity contribution in [3.63, 3.8) is 0 Å². The molecule has 0 spiro atoms. The molecule has 1 aliphatic carbocycles. The molecule has 2 atom stereocenters. The molecule has 1 fully saturated rings. The summed E-state index contributed by atoms with van der Waals surface area (Å²) in [5.41, 5.74) is 0. The Hall–Kier alpha value is 0.690. The second kappa shape index (κ2) is 7.35. The van der Waals surface area contributed by atoms with Crippen LogP contribution in [0, 0.1) is 5.92 Å². The van der Waals surface area contributed by atoms with Gasteiger partial charge in [-0.05, 0) is 23.7 Å². The molecule has 0 aromatic heterocycles. The average molecular weight is 270 g/mol. The van der Waals surface area contributed by atoms with Crippen LogP contribution in [0.3, 0.4) is 0 Å². The van der Waals surface area contributed by atoms with Crippen molar-refractivity contribution in [2.75, 3.05) is 12.0 Å². The lowest BCUT2D eigenvalue weighted by molar-refractivity contribution is 0.0310. The molecule has 1 nitrogen and oxygen atoms in total. The van der Waals surface area contributed by atoms with Gasteiger partial charge in [0, 0.05) is 7.11 Å². The van der Waals surface area contributed by atoms with E-state index in [1.165, 1.54) is 25.7 Å². The van der Waals surface area contributed by atoms with Gasteiger partial charge in [0.05, 0.1) is 6.10 Å². The second-order valence-electron chi connectivity index (χ2n) is 3.04. The van der Waals surface area contributed by atoms with Crippen LogP contribution in [-0.2, 0) is 4.74 Å². The molecule has 0 amide bonds. The first-order chi connectivity index (χ1) is 5.34. The van der Waals surface area contributed by atoms with Gasteiger partial charge in [-0.25, -0.2) is 0 Å². The summed E-state index contributed by atoms with van der Waals surface area (Å²) in [7, 11) is 1.83. The fourth-order valence-corrected chi connectivity index (χ4v) is 1.63. The summed E-state index contributed by atoms with van der Waals surface area (Å²) >= 11 is 2.15. The first-order valence-electron chi connectivity index (χ1n) is 4.25. The van der Waals surface area contributed by atoms with Crippen molar-refractivity contribution >= 4 is 22.6 Å². The molecule has 0 heterocycles. The summed E-state index contributed by atoms with van der Waals surface area (Å²) in [5, 5.41) is 0. The fraction of sp³-hybridized carbons (Fsp3) is 1.00. The van der Waals surface area contributed by atoms with Crippen molar-refractivity contribution in [3.8, 4) is 0 Å². The largest absolute Gasteiger partial charge is 0.381 e. The zero-order valence-corrected chi connectivity index (χ0v) is 9.93. The summed E-state index contributed by atoms with van der Waals surface area (Å²) in [4.78, 5) is 1.97. The third kappa shape index (κ3) is 4.31. The van der Waals surface area contributed by atoms with Gasteiger partial charge in [0.15, 0.2) is 0 Å². The summed E-state index contributed by atoms with van der Waals surface area (Å²) in [5.74, 6) is 0.795. The van der Waals surface area contributed by atoms with Crippen molar-refractivity contribution in [2.45, 2.75) is 38.7 Å². The molecule has 0 bridgehead atoms. The molecule has 0 radical (unpaired) electrons. The molecule has 1 saturated carbocycles. The summed E-state index contributed by atoms with van der Waals surface area (Å²) < 4.78 is 5.30. The maximum Gasteiger partial charge on any atom is 0.0596 e. The molecule has 2 heteroatoms. The quantitative estimate of drug-likeness (QED) is 0.525. The Labute approximate surface area is 84.0 Å². The number of halogens is 1. The highest BCUT2D eigenvalue weighted by molar-refractivity contribution is 14.1. The summed E-state index contributed by atoms with van der Waals surface area (Å²) in [6.07, 6.45) is 5.96. The smallest absolute Gasteiger partial charge is 0.0596 e. The predicted molar refractivity (Wildman–Crippen MR) is 58.4 cm³/mol. The molecule has 1 unspecified atom stereocenters. The number of ether oxygens (including phenoxy) is 1. The molecule has 0 N–H and O–H groups in total.